The first-order chi connectivity index (χ1) is 9.60. The van der Waals surface area contributed by atoms with Crippen molar-refractivity contribution in [3.05, 3.63) is 61.3 Å². The third-order valence-corrected chi connectivity index (χ3v) is 4.27. The van der Waals surface area contributed by atoms with Crippen molar-refractivity contribution < 1.29 is 4.92 Å². The number of nitrogens with zero attached hydrogens (tertiary/aromatic N) is 2. The summed E-state index contributed by atoms with van der Waals surface area (Å²) in [6.07, 6.45) is 0. The van der Waals surface area contributed by atoms with E-state index >= 15 is 0 Å². The van der Waals surface area contributed by atoms with E-state index in [1.807, 2.05) is 11.4 Å². The maximum absolute atomic E-state index is 10.8. The third kappa shape index (κ3) is 3.79. The molecule has 0 N–H and O–H groups in total. The molecular weight excluding hydrogens is 296 g/mol. The van der Waals surface area contributed by atoms with E-state index in [1.54, 1.807) is 23.5 Å². The van der Waals surface area contributed by atoms with Crippen molar-refractivity contribution in [3.63, 3.8) is 0 Å². The predicted molar refractivity (Wildman–Crippen MR) is 82.2 cm³/mol. The SMILES string of the molecule is CCN(Cc1cccs1)Cc1cc([N+](=O)[O-])ccc1Cl. The lowest BCUT2D eigenvalue weighted by atomic mass is 10.2. The van der Waals surface area contributed by atoms with E-state index in [0.29, 0.717) is 11.6 Å². The van der Waals surface area contributed by atoms with Crippen LogP contribution in [0.15, 0.2) is 35.7 Å². The highest BCUT2D eigenvalue weighted by Gasteiger charge is 2.13. The molecule has 0 aliphatic carbocycles. The summed E-state index contributed by atoms with van der Waals surface area (Å²) in [5.41, 5.74) is 0.871. The minimum Gasteiger partial charge on any atom is -0.294 e. The van der Waals surface area contributed by atoms with Gasteiger partial charge >= 0.3 is 0 Å². The van der Waals surface area contributed by atoms with Crippen LogP contribution in [0.3, 0.4) is 0 Å². The molecule has 106 valence electrons. The summed E-state index contributed by atoms with van der Waals surface area (Å²) < 4.78 is 0. The van der Waals surface area contributed by atoms with Gasteiger partial charge in [0.1, 0.15) is 0 Å². The second-order valence-corrected chi connectivity index (χ2v) is 5.85. The zero-order chi connectivity index (χ0) is 14.5. The van der Waals surface area contributed by atoms with Crippen molar-refractivity contribution >= 4 is 28.6 Å². The molecule has 0 radical (unpaired) electrons. The molecule has 0 aliphatic heterocycles. The zero-order valence-corrected chi connectivity index (χ0v) is 12.7. The molecule has 0 spiro atoms. The van der Waals surface area contributed by atoms with Gasteiger partial charge in [0.25, 0.3) is 5.69 Å². The van der Waals surface area contributed by atoms with Crippen molar-refractivity contribution in [1.82, 2.24) is 4.90 Å². The van der Waals surface area contributed by atoms with Crippen LogP contribution < -0.4 is 0 Å². The minimum absolute atomic E-state index is 0.0802. The van der Waals surface area contributed by atoms with E-state index in [1.165, 1.54) is 10.9 Å². The largest absolute Gasteiger partial charge is 0.294 e. The van der Waals surface area contributed by atoms with Gasteiger partial charge in [-0.15, -0.1) is 11.3 Å². The minimum atomic E-state index is -0.393. The van der Waals surface area contributed by atoms with Crippen LogP contribution in [0.2, 0.25) is 5.02 Å². The molecule has 0 amide bonds. The molecule has 1 aromatic heterocycles. The molecule has 6 heteroatoms. The van der Waals surface area contributed by atoms with Crippen LogP contribution in [0.1, 0.15) is 17.4 Å². The number of thiophene rings is 1. The molecule has 2 rings (SSSR count). The summed E-state index contributed by atoms with van der Waals surface area (Å²) in [6, 6.07) is 8.69. The lowest BCUT2D eigenvalue weighted by Gasteiger charge is -2.20. The van der Waals surface area contributed by atoms with Crippen molar-refractivity contribution in [1.29, 1.82) is 0 Å². The molecule has 1 heterocycles. The topological polar surface area (TPSA) is 46.4 Å². The highest BCUT2D eigenvalue weighted by atomic mass is 35.5. The van der Waals surface area contributed by atoms with E-state index in [4.69, 9.17) is 11.6 Å². The van der Waals surface area contributed by atoms with Gasteiger partial charge in [-0.05, 0) is 29.6 Å². The summed E-state index contributed by atoms with van der Waals surface area (Å²) in [6.45, 7) is 4.36. The maximum atomic E-state index is 10.8. The third-order valence-electron chi connectivity index (χ3n) is 3.04. The second kappa shape index (κ2) is 6.83. The van der Waals surface area contributed by atoms with Gasteiger partial charge in [0, 0.05) is 35.1 Å². The summed E-state index contributed by atoms with van der Waals surface area (Å²) >= 11 is 7.84. The average Bonchev–Trinajstić information content (AvgIpc) is 2.92. The molecular formula is C14H15ClN2O2S. The van der Waals surface area contributed by atoms with Crippen LogP contribution in [0.25, 0.3) is 0 Å². The van der Waals surface area contributed by atoms with E-state index in [-0.39, 0.29) is 5.69 Å². The van der Waals surface area contributed by atoms with Gasteiger partial charge in [-0.3, -0.25) is 15.0 Å². The van der Waals surface area contributed by atoms with Crippen LogP contribution in [0.4, 0.5) is 5.69 Å². The van der Waals surface area contributed by atoms with Gasteiger partial charge in [0.2, 0.25) is 0 Å². The monoisotopic (exact) mass is 310 g/mol. The van der Waals surface area contributed by atoms with Crippen LogP contribution in [-0.2, 0) is 13.1 Å². The molecule has 4 nitrogen and oxygen atoms in total. The molecule has 2 aromatic rings. The van der Waals surface area contributed by atoms with E-state index < -0.39 is 4.92 Å². The van der Waals surface area contributed by atoms with E-state index in [0.717, 1.165) is 18.7 Å². The second-order valence-electron chi connectivity index (χ2n) is 4.42. The molecule has 0 saturated heterocycles. The number of nitro benzene ring substituents is 1. The molecule has 0 atom stereocenters. The Morgan fingerprint density at radius 1 is 1.35 bits per heavy atom. The molecule has 1 aromatic carbocycles. The van der Waals surface area contributed by atoms with Gasteiger partial charge in [-0.25, -0.2) is 0 Å². The fourth-order valence-electron chi connectivity index (χ4n) is 1.94. The first kappa shape index (κ1) is 15.0. The lowest BCUT2D eigenvalue weighted by molar-refractivity contribution is -0.384. The molecule has 20 heavy (non-hydrogen) atoms. The summed E-state index contributed by atoms with van der Waals surface area (Å²) in [5, 5.41) is 13.4. The number of halogens is 1. The molecule has 0 aliphatic rings. The zero-order valence-electron chi connectivity index (χ0n) is 11.1. The van der Waals surface area contributed by atoms with Gasteiger partial charge in [0.15, 0.2) is 0 Å². The number of non-ortho nitro benzene ring substituents is 1. The number of rotatable bonds is 6. The summed E-state index contributed by atoms with van der Waals surface area (Å²) in [5.74, 6) is 0. The average molecular weight is 311 g/mol. The Balaban J connectivity index is 2.14. The number of hydrogen-bond acceptors (Lipinski definition) is 4. The smallest absolute Gasteiger partial charge is 0.269 e. The normalized spacial score (nSPS) is 10.9. The van der Waals surface area contributed by atoms with E-state index in [2.05, 4.69) is 17.9 Å². The van der Waals surface area contributed by atoms with Crippen molar-refractivity contribution in [2.45, 2.75) is 20.0 Å². The van der Waals surface area contributed by atoms with Crippen LogP contribution in [0.5, 0.6) is 0 Å². The van der Waals surface area contributed by atoms with Gasteiger partial charge < -0.3 is 0 Å². The Hall–Kier alpha value is -1.43. The fraction of sp³-hybridized carbons (Fsp3) is 0.286. The molecule has 0 saturated carbocycles. The first-order valence-electron chi connectivity index (χ1n) is 6.27. The van der Waals surface area contributed by atoms with Crippen molar-refractivity contribution in [2.24, 2.45) is 0 Å². The lowest BCUT2D eigenvalue weighted by Crippen LogP contribution is -2.22. The predicted octanol–water partition coefficient (Wildman–Crippen LogP) is 4.33. The Morgan fingerprint density at radius 2 is 2.15 bits per heavy atom. The van der Waals surface area contributed by atoms with Crippen molar-refractivity contribution in [3.8, 4) is 0 Å². The van der Waals surface area contributed by atoms with Crippen LogP contribution in [-0.4, -0.2) is 16.4 Å². The highest BCUT2D eigenvalue weighted by Crippen LogP contribution is 2.24. The quantitative estimate of drug-likeness (QED) is 0.589. The number of hydrogen-bond donors (Lipinski definition) is 0. The molecule has 0 fully saturated rings. The number of nitro groups is 1. The maximum Gasteiger partial charge on any atom is 0.269 e. The molecule has 0 bridgehead atoms. The Bertz CT molecular complexity index is 587. The Labute approximate surface area is 126 Å². The standard InChI is InChI=1S/C14H15ClN2O2S/c1-2-16(10-13-4-3-7-20-13)9-11-8-12(17(18)19)5-6-14(11)15/h3-8H,2,9-10H2,1H3. The fourth-order valence-corrected chi connectivity index (χ4v) is 2.86. The summed E-state index contributed by atoms with van der Waals surface area (Å²) in [4.78, 5) is 13.9. The van der Waals surface area contributed by atoms with Crippen LogP contribution >= 0.6 is 22.9 Å². The highest BCUT2D eigenvalue weighted by molar-refractivity contribution is 7.09. The molecule has 0 unspecified atom stereocenters. The first-order valence-corrected chi connectivity index (χ1v) is 7.53. The Morgan fingerprint density at radius 3 is 2.75 bits per heavy atom. The van der Waals surface area contributed by atoms with Gasteiger partial charge in [-0.1, -0.05) is 24.6 Å². The van der Waals surface area contributed by atoms with Gasteiger partial charge in [-0.2, -0.15) is 0 Å². The van der Waals surface area contributed by atoms with Gasteiger partial charge in [0.05, 0.1) is 4.92 Å². The van der Waals surface area contributed by atoms with E-state index in [9.17, 15) is 10.1 Å². The summed E-state index contributed by atoms with van der Waals surface area (Å²) in [7, 11) is 0. The Kier molecular flexibility index (Phi) is 5.11. The number of benzene rings is 1. The van der Waals surface area contributed by atoms with Crippen LogP contribution in [0, 0.1) is 10.1 Å². The van der Waals surface area contributed by atoms with Crippen molar-refractivity contribution in [2.75, 3.05) is 6.54 Å².